The third-order valence-electron chi connectivity index (χ3n) is 4.45. The maximum Gasteiger partial charge on any atom is 0.286 e. The van der Waals surface area contributed by atoms with Gasteiger partial charge in [-0.05, 0) is 31.2 Å². The molecule has 1 atom stereocenters. The molecule has 3 heterocycles. The molecule has 2 N–H and O–H groups in total. The lowest BCUT2D eigenvalue weighted by molar-refractivity contribution is -0.121. The molecule has 2 aromatic heterocycles. The van der Waals surface area contributed by atoms with E-state index >= 15 is 0 Å². The monoisotopic (exact) mass is 375 g/mol. The fourth-order valence-electron chi connectivity index (χ4n) is 3.01. The maximum absolute atomic E-state index is 12.2. The molecule has 3 rings (SSSR count). The summed E-state index contributed by atoms with van der Waals surface area (Å²) in [5.74, 6) is 1.45. The number of nitrogens with zero attached hydrogens (tertiary/aromatic N) is 1. The van der Waals surface area contributed by atoms with Crippen LogP contribution in [0.1, 0.15) is 34.5 Å². The largest absolute Gasteiger partial charge is 0.465 e. The molecule has 8 nitrogen and oxygen atoms in total. The normalized spacial score (nSPS) is 16.0. The first-order valence-electron chi connectivity index (χ1n) is 9.10. The van der Waals surface area contributed by atoms with E-state index in [0.717, 1.165) is 24.6 Å². The molecule has 0 radical (unpaired) electrons. The van der Waals surface area contributed by atoms with Crippen LogP contribution in [0.2, 0.25) is 0 Å². The SMILES string of the molecule is Cc1ccc(C(CNC(=O)CCNC(=O)c2ccco2)N2CCOCC2)o1. The molecule has 0 bridgehead atoms. The Morgan fingerprint density at radius 1 is 1.19 bits per heavy atom. The van der Waals surface area contributed by atoms with Gasteiger partial charge in [0.15, 0.2) is 5.76 Å². The highest BCUT2D eigenvalue weighted by molar-refractivity contribution is 5.91. The van der Waals surface area contributed by atoms with Gasteiger partial charge >= 0.3 is 0 Å². The molecule has 1 aliphatic rings. The van der Waals surface area contributed by atoms with E-state index in [1.54, 1.807) is 12.1 Å². The topological polar surface area (TPSA) is 97.0 Å². The lowest BCUT2D eigenvalue weighted by atomic mass is 10.1. The number of rotatable bonds is 8. The number of furan rings is 2. The van der Waals surface area contributed by atoms with Gasteiger partial charge in [-0.2, -0.15) is 0 Å². The Morgan fingerprint density at radius 3 is 2.67 bits per heavy atom. The molecule has 0 saturated carbocycles. The highest BCUT2D eigenvalue weighted by Crippen LogP contribution is 2.23. The molecule has 1 saturated heterocycles. The van der Waals surface area contributed by atoms with Crippen LogP contribution in [0, 0.1) is 6.92 Å². The number of nitrogens with one attached hydrogen (secondary N) is 2. The molecule has 1 fully saturated rings. The molecule has 146 valence electrons. The van der Waals surface area contributed by atoms with Crippen LogP contribution in [-0.2, 0) is 9.53 Å². The summed E-state index contributed by atoms with van der Waals surface area (Å²) in [7, 11) is 0. The average molecular weight is 375 g/mol. The summed E-state index contributed by atoms with van der Waals surface area (Å²) in [5.41, 5.74) is 0. The van der Waals surface area contributed by atoms with Gasteiger partial charge in [0.25, 0.3) is 5.91 Å². The summed E-state index contributed by atoms with van der Waals surface area (Å²) in [5, 5.41) is 5.60. The van der Waals surface area contributed by atoms with Gasteiger partial charge in [0.1, 0.15) is 11.5 Å². The summed E-state index contributed by atoms with van der Waals surface area (Å²) in [6.07, 6.45) is 1.63. The van der Waals surface area contributed by atoms with Crippen LogP contribution < -0.4 is 10.6 Å². The number of carbonyl (C=O) groups excluding carboxylic acids is 2. The number of hydrogen-bond acceptors (Lipinski definition) is 6. The van der Waals surface area contributed by atoms with Gasteiger partial charge in [-0.3, -0.25) is 14.5 Å². The van der Waals surface area contributed by atoms with Crippen molar-refractivity contribution >= 4 is 11.8 Å². The van der Waals surface area contributed by atoms with E-state index in [1.807, 2.05) is 19.1 Å². The van der Waals surface area contributed by atoms with Crippen LogP contribution in [0.15, 0.2) is 39.4 Å². The zero-order valence-electron chi connectivity index (χ0n) is 15.4. The fraction of sp³-hybridized carbons (Fsp3) is 0.474. The van der Waals surface area contributed by atoms with Crippen molar-refractivity contribution in [1.82, 2.24) is 15.5 Å². The molecule has 2 aromatic rings. The summed E-state index contributed by atoms with van der Waals surface area (Å²) in [6.45, 7) is 5.51. The van der Waals surface area contributed by atoms with Crippen LogP contribution in [0.4, 0.5) is 0 Å². The van der Waals surface area contributed by atoms with Crippen LogP contribution in [-0.4, -0.2) is 56.1 Å². The third kappa shape index (κ3) is 5.45. The lowest BCUT2D eigenvalue weighted by Gasteiger charge is -2.33. The van der Waals surface area contributed by atoms with E-state index in [-0.39, 0.29) is 36.6 Å². The van der Waals surface area contributed by atoms with Crippen molar-refractivity contribution in [2.45, 2.75) is 19.4 Å². The molecule has 0 aliphatic carbocycles. The summed E-state index contributed by atoms with van der Waals surface area (Å²) in [4.78, 5) is 26.2. The number of morpholine rings is 1. The first kappa shape index (κ1) is 19.2. The molecule has 1 aliphatic heterocycles. The Kier molecular flexibility index (Phi) is 6.67. The Bertz CT molecular complexity index is 734. The Labute approximate surface area is 157 Å². The second kappa shape index (κ2) is 9.38. The smallest absolute Gasteiger partial charge is 0.286 e. The molecular formula is C19H25N3O5. The number of carbonyl (C=O) groups is 2. The second-order valence-corrected chi connectivity index (χ2v) is 6.40. The standard InChI is InChI=1S/C19H25N3O5/c1-14-4-5-16(27-14)15(22-8-11-25-12-9-22)13-21-18(23)6-7-20-19(24)17-3-2-10-26-17/h2-5,10,15H,6-9,11-13H2,1H3,(H,20,24)(H,21,23). The zero-order chi connectivity index (χ0) is 19.1. The van der Waals surface area contributed by atoms with E-state index in [9.17, 15) is 9.59 Å². The minimum absolute atomic E-state index is 0.0377. The van der Waals surface area contributed by atoms with Gasteiger partial charge in [0, 0.05) is 32.6 Å². The van der Waals surface area contributed by atoms with Crippen LogP contribution in [0.3, 0.4) is 0 Å². The van der Waals surface area contributed by atoms with E-state index in [2.05, 4.69) is 15.5 Å². The number of aryl methyl sites for hydroxylation is 1. The molecule has 27 heavy (non-hydrogen) atoms. The van der Waals surface area contributed by atoms with Gasteiger partial charge in [-0.1, -0.05) is 0 Å². The summed E-state index contributed by atoms with van der Waals surface area (Å²) < 4.78 is 16.2. The van der Waals surface area contributed by atoms with Crippen molar-refractivity contribution < 1.29 is 23.2 Å². The Balaban J connectivity index is 1.47. The maximum atomic E-state index is 12.2. The molecule has 0 spiro atoms. The van der Waals surface area contributed by atoms with Gasteiger partial charge in [0.05, 0.1) is 25.5 Å². The van der Waals surface area contributed by atoms with Crippen molar-refractivity contribution in [3.8, 4) is 0 Å². The Hall–Kier alpha value is -2.58. The van der Waals surface area contributed by atoms with Crippen LogP contribution >= 0.6 is 0 Å². The van der Waals surface area contributed by atoms with E-state index in [4.69, 9.17) is 13.6 Å². The van der Waals surface area contributed by atoms with E-state index in [1.165, 1.54) is 6.26 Å². The van der Waals surface area contributed by atoms with Crippen molar-refractivity contribution in [1.29, 1.82) is 0 Å². The van der Waals surface area contributed by atoms with Crippen LogP contribution in [0.5, 0.6) is 0 Å². The summed E-state index contributed by atoms with van der Waals surface area (Å²) >= 11 is 0. The first-order valence-corrected chi connectivity index (χ1v) is 9.10. The molecule has 2 amide bonds. The predicted octanol–water partition coefficient (Wildman–Crippen LogP) is 1.49. The summed E-state index contributed by atoms with van der Waals surface area (Å²) in [6, 6.07) is 7.06. The highest BCUT2D eigenvalue weighted by Gasteiger charge is 2.25. The van der Waals surface area contributed by atoms with E-state index < -0.39 is 0 Å². The van der Waals surface area contributed by atoms with Crippen LogP contribution in [0.25, 0.3) is 0 Å². The Morgan fingerprint density at radius 2 is 2.00 bits per heavy atom. The van der Waals surface area contributed by atoms with Gasteiger partial charge in [0.2, 0.25) is 5.91 Å². The van der Waals surface area contributed by atoms with Gasteiger partial charge in [-0.25, -0.2) is 0 Å². The third-order valence-corrected chi connectivity index (χ3v) is 4.45. The van der Waals surface area contributed by atoms with Gasteiger partial charge < -0.3 is 24.2 Å². The number of amides is 2. The fourth-order valence-corrected chi connectivity index (χ4v) is 3.01. The minimum Gasteiger partial charge on any atom is -0.465 e. The zero-order valence-corrected chi connectivity index (χ0v) is 15.4. The van der Waals surface area contributed by atoms with Crippen molar-refractivity contribution in [2.75, 3.05) is 39.4 Å². The highest BCUT2D eigenvalue weighted by atomic mass is 16.5. The first-order chi connectivity index (χ1) is 13.1. The van der Waals surface area contributed by atoms with Crippen molar-refractivity contribution in [2.24, 2.45) is 0 Å². The molecule has 1 unspecified atom stereocenters. The van der Waals surface area contributed by atoms with Crippen molar-refractivity contribution in [3.05, 3.63) is 47.8 Å². The minimum atomic E-state index is -0.329. The predicted molar refractivity (Wildman–Crippen MR) is 97.2 cm³/mol. The molecule has 0 aromatic carbocycles. The molecule has 8 heteroatoms. The average Bonchev–Trinajstić information content (AvgIpc) is 3.35. The van der Waals surface area contributed by atoms with E-state index in [0.29, 0.717) is 19.8 Å². The number of hydrogen-bond donors (Lipinski definition) is 2. The lowest BCUT2D eigenvalue weighted by Crippen LogP contribution is -2.44. The molecular weight excluding hydrogens is 350 g/mol. The number of ether oxygens (including phenoxy) is 1. The van der Waals surface area contributed by atoms with Gasteiger partial charge in [-0.15, -0.1) is 0 Å². The quantitative estimate of drug-likeness (QED) is 0.726. The van der Waals surface area contributed by atoms with Crippen molar-refractivity contribution in [3.63, 3.8) is 0 Å². The second-order valence-electron chi connectivity index (χ2n) is 6.40.